The van der Waals surface area contributed by atoms with Crippen molar-refractivity contribution in [2.45, 2.75) is 0 Å². The lowest BCUT2D eigenvalue weighted by atomic mass is 10.5. The van der Waals surface area contributed by atoms with Crippen molar-refractivity contribution < 1.29 is 32.9 Å². The van der Waals surface area contributed by atoms with Gasteiger partial charge >= 0.3 is 8.25 Å². The van der Waals surface area contributed by atoms with Crippen molar-refractivity contribution in [2.75, 3.05) is 41.5 Å². The molecule has 0 saturated carbocycles. The molecule has 9 nitrogen and oxygen atoms in total. The highest BCUT2D eigenvalue weighted by molar-refractivity contribution is 7.33. The molecule has 0 N–H and O–H groups in total. The van der Waals surface area contributed by atoms with Gasteiger partial charge in [-0.3, -0.25) is 23.8 Å². The average Bonchev–Trinajstić information content (AvgIpc) is 2.53. The van der Waals surface area contributed by atoms with Crippen molar-refractivity contribution in [2.24, 2.45) is 0 Å². The van der Waals surface area contributed by atoms with E-state index in [1.165, 1.54) is 52.6 Å². The van der Waals surface area contributed by atoms with Crippen molar-refractivity contribution in [3.05, 3.63) is 24.3 Å². The van der Waals surface area contributed by atoms with Gasteiger partial charge in [0.15, 0.2) is 0 Å². The van der Waals surface area contributed by atoms with Crippen LogP contribution >= 0.6 is 8.25 Å². The number of hydroxylamine groups is 4. The summed E-state index contributed by atoms with van der Waals surface area (Å²) in [6, 6.07) is 0. The van der Waals surface area contributed by atoms with Crippen LogP contribution in [0, 0.1) is 0 Å². The van der Waals surface area contributed by atoms with Gasteiger partial charge in [-0.05, 0) is 0 Å². The summed E-state index contributed by atoms with van der Waals surface area (Å²) in [7, 11) is 2.92. The normalized spacial score (nSPS) is 12.7. The Kier molecular flexibility index (Phi) is 11.2. The van der Waals surface area contributed by atoms with Gasteiger partial charge in [0.1, 0.15) is 0 Å². The van der Waals surface area contributed by atoms with Crippen LogP contribution in [-0.4, -0.2) is 63.5 Å². The highest BCUT2D eigenvalue weighted by Crippen LogP contribution is 2.22. The standard InChI is InChI=1S/C12H21N2O7P/c1-13(18-3)11(15)7-5-9-20-22(17)21-10-6-8-12(16)14(2)19-4/h5-8,22H,9-10H2,1-4H3. The second-order valence-electron chi connectivity index (χ2n) is 3.71. The van der Waals surface area contributed by atoms with Gasteiger partial charge < -0.3 is 9.05 Å². The van der Waals surface area contributed by atoms with E-state index in [2.05, 4.69) is 9.68 Å². The number of amides is 2. The summed E-state index contributed by atoms with van der Waals surface area (Å²) >= 11 is 0. The third kappa shape index (κ3) is 9.43. The third-order valence-electron chi connectivity index (χ3n) is 2.28. The maximum absolute atomic E-state index is 11.3. The molecule has 0 aromatic carbocycles. The fourth-order valence-electron chi connectivity index (χ4n) is 0.962. The van der Waals surface area contributed by atoms with Gasteiger partial charge in [0, 0.05) is 26.2 Å². The highest BCUT2D eigenvalue weighted by Gasteiger charge is 2.03. The predicted molar refractivity (Wildman–Crippen MR) is 78.7 cm³/mol. The molecule has 0 aromatic heterocycles. The van der Waals surface area contributed by atoms with Crippen molar-refractivity contribution in [1.82, 2.24) is 10.1 Å². The van der Waals surface area contributed by atoms with E-state index in [0.717, 1.165) is 10.1 Å². The van der Waals surface area contributed by atoms with Crippen LogP contribution < -0.4 is 0 Å². The molecule has 0 rings (SSSR count). The Morgan fingerprint density at radius 3 is 1.59 bits per heavy atom. The Labute approximate surface area is 129 Å². The fourth-order valence-corrected chi connectivity index (χ4v) is 1.51. The molecule has 0 saturated heterocycles. The van der Waals surface area contributed by atoms with E-state index < -0.39 is 8.25 Å². The van der Waals surface area contributed by atoms with Gasteiger partial charge in [-0.25, -0.2) is 10.1 Å². The SMILES string of the molecule is CON(C)C(=O)C=CCO[PH](=O)OCC=CC(=O)N(C)OC. The molecule has 0 aliphatic heterocycles. The summed E-state index contributed by atoms with van der Waals surface area (Å²) in [6.45, 7) is -0.0910. The first-order valence-corrected chi connectivity index (χ1v) is 7.41. The van der Waals surface area contributed by atoms with E-state index in [0.29, 0.717) is 0 Å². The molecular weight excluding hydrogens is 315 g/mol. The van der Waals surface area contributed by atoms with Gasteiger partial charge in [-0.1, -0.05) is 12.2 Å². The van der Waals surface area contributed by atoms with E-state index >= 15 is 0 Å². The van der Waals surface area contributed by atoms with Crippen molar-refractivity contribution in [1.29, 1.82) is 0 Å². The Morgan fingerprint density at radius 2 is 1.27 bits per heavy atom. The second kappa shape index (κ2) is 12.1. The highest BCUT2D eigenvalue weighted by atomic mass is 31.1. The monoisotopic (exact) mass is 336 g/mol. The molecule has 0 bridgehead atoms. The lowest BCUT2D eigenvalue weighted by molar-refractivity contribution is -0.163. The summed E-state index contributed by atoms with van der Waals surface area (Å²) in [5.74, 6) is -0.759. The lowest BCUT2D eigenvalue weighted by Gasteiger charge is -2.10. The van der Waals surface area contributed by atoms with Crippen LogP contribution in [0.4, 0.5) is 0 Å². The topological polar surface area (TPSA) is 94.6 Å². The number of hydrogen-bond donors (Lipinski definition) is 0. The molecule has 0 aliphatic rings. The zero-order valence-electron chi connectivity index (χ0n) is 13.0. The molecule has 0 spiro atoms. The molecule has 0 aliphatic carbocycles. The first-order valence-electron chi connectivity index (χ1n) is 6.18. The van der Waals surface area contributed by atoms with Crippen LogP contribution in [0.2, 0.25) is 0 Å². The molecule has 0 atom stereocenters. The lowest BCUT2D eigenvalue weighted by Crippen LogP contribution is -2.23. The van der Waals surface area contributed by atoms with Crippen molar-refractivity contribution in [3.63, 3.8) is 0 Å². The van der Waals surface area contributed by atoms with Gasteiger partial charge in [-0.15, -0.1) is 0 Å². The minimum atomic E-state index is -2.70. The molecule has 2 amide bonds. The number of rotatable bonds is 10. The smallest absolute Gasteiger partial charge is 0.306 e. The van der Waals surface area contributed by atoms with Crippen LogP contribution in [0.1, 0.15) is 0 Å². The Bertz CT molecular complexity index is 401. The first-order chi connectivity index (χ1) is 10.4. The van der Waals surface area contributed by atoms with E-state index in [1.54, 1.807) is 0 Å². The number of carbonyl (C=O) groups excluding carboxylic acids is 2. The molecule has 0 unspecified atom stereocenters. The molecule has 0 aromatic rings. The summed E-state index contributed by atoms with van der Waals surface area (Å²) in [6.07, 6.45) is 5.21. The predicted octanol–water partition coefficient (Wildman–Crippen LogP) is 0.561. The van der Waals surface area contributed by atoms with Gasteiger partial charge in [0.2, 0.25) is 0 Å². The Hall–Kier alpha value is -1.51. The fraction of sp³-hybridized carbons (Fsp3) is 0.500. The number of likely N-dealkylation sites (N-methyl/N-ethyl adjacent to an activating group) is 2. The minimum absolute atomic E-state index is 0.0455. The summed E-state index contributed by atoms with van der Waals surface area (Å²) in [5.41, 5.74) is 0. The number of nitrogens with zero attached hydrogens (tertiary/aromatic N) is 2. The van der Waals surface area contributed by atoms with E-state index in [-0.39, 0.29) is 25.0 Å². The molecular formula is C12H21N2O7P. The quantitative estimate of drug-likeness (QED) is 0.327. The molecule has 10 heteroatoms. The van der Waals surface area contributed by atoms with Gasteiger partial charge in [0.25, 0.3) is 11.8 Å². The maximum atomic E-state index is 11.3. The second-order valence-corrected chi connectivity index (χ2v) is 4.79. The van der Waals surface area contributed by atoms with Crippen LogP contribution in [0.5, 0.6) is 0 Å². The molecule has 22 heavy (non-hydrogen) atoms. The van der Waals surface area contributed by atoms with Crippen LogP contribution in [-0.2, 0) is 32.9 Å². The van der Waals surface area contributed by atoms with Crippen LogP contribution in [0.25, 0.3) is 0 Å². The third-order valence-corrected chi connectivity index (χ3v) is 3.09. The number of hydrogen-bond acceptors (Lipinski definition) is 7. The van der Waals surface area contributed by atoms with Gasteiger partial charge in [0.05, 0.1) is 27.4 Å². The molecule has 0 heterocycles. The van der Waals surface area contributed by atoms with Crippen LogP contribution in [0.3, 0.4) is 0 Å². The maximum Gasteiger partial charge on any atom is 0.319 e. The molecule has 126 valence electrons. The largest absolute Gasteiger partial charge is 0.319 e. The summed E-state index contributed by atoms with van der Waals surface area (Å²) < 4.78 is 21.1. The molecule has 0 radical (unpaired) electrons. The number of carbonyl (C=O) groups is 2. The van der Waals surface area contributed by atoms with Crippen LogP contribution in [0.15, 0.2) is 24.3 Å². The van der Waals surface area contributed by atoms with E-state index in [9.17, 15) is 14.2 Å². The minimum Gasteiger partial charge on any atom is -0.306 e. The molecule has 0 fully saturated rings. The van der Waals surface area contributed by atoms with Crippen molar-refractivity contribution >= 4 is 20.1 Å². The Balaban J connectivity index is 3.88. The Morgan fingerprint density at radius 1 is 0.909 bits per heavy atom. The van der Waals surface area contributed by atoms with E-state index in [4.69, 9.17) is 9.05 Å². The summed E-state index contributed by atoms with van der Waals surface area (Å²) in [5, 5.41) is 2.05. The van der Waals surface area contributed by atoms with Crippen molar-refractivity contribution in [3.8, 4) is 0 Å². The summed E-state index contributed by atoms with van der Waals surface area (Å²) in [4.78, 5) is 31.9. The van der Waals surface area contributed by atoms with E-state index in [1.807, 2.05) is 0 Å². The zero-order chi connectivity index (χ0) is 17.0. The average molecular weight is 336 g/mol. The van der Waals surface area contributed by atoms with Gasteiger partial charge in [-0.2, -0.15) is 0 Å². The zero-order valence-corrected chi connectivity index (χ0v) is 14.0. The first kappa shape index (κ1) is 20.5.